The molecule has 2 aromatic rings. The number of rotatable bonds is 7. The minimum Gasteiger partial charge on any atom is -0.329 e. The van der Waals surface area contributed by atoms with Gasteiger partial charge in [0.1, 0.15) is 0 Å². The summed E-state index contributed by atoms with van der Waals surface area (Å²) < 4.78 is 0.828. The molecule has 0 radical (unpaired) electrons. The van der Waals surface area contributed by atoms with Gasteiger partial charge in [0.2, 0.25) is 0 Å². The summed E-state index contributed by atoms with van der Waals surface area (Å²) >= 11 is 7.69. The number of halogens is 1. The second-order valence-corrected chi connectivity index (χ2v) is 6.60. The highest BCUT2D eigenvalue weighted by Crippen LogP contribution is 2.31. The standard InChI is InChI=1S/C16H21ClN2S/c1-2-10-19(12-13-6-4-3-5-7-13)14(11-18)15-8-9-16(17)20-15/h3-9,14H,2,10-12,18H2,1H3. The van der Waals surface area contributed by atoms with Crippen LogP contribution in [0.25, 0.3) is 0 Å². The van der Waals surface area contributed by atoms with Gasteiger partial charge in [-0.05, 0) is 30.7 Å². The Bertz CT molecular complexity index is 512. The van der Waals surface area contributed by atoms with Crippen molar-refractivity contribution < 1.29 is 0 Å². The normalized spacial score (nSPS) is 12.8. The van der Waals surface area contributed by atoms with Crippen LogP contribution in [-0.2, 0) is 6.54 Å². The van der Waals surface area contributed by atoms with E-state index in [1.807, 2.05) is 12.1 Å². The fourth-order valence-corrected chi connectivity index (χ4v) is 3.61. The van der Waals surface area contributed by atoms with E-state index in [4.69, 9.17) is 17.3 Å². The quantitative estimate of drug-likeness (QED) is 0.825. The Morgan fingerprint density at radius 1 is 1.20 bits per heavy atom. The van der Waals surface area contributed by atoms with Crippen LogP contribution in [0.3, 0.4) is 0 Å². The fraction of sp³-hybridized carbons (Fsp3) is 0.375. The number of hydrogen-bond acceptors (Lipinski definition) is 3. The molecule has 1 aromatic heterocycles. The Morgan fingerprint density at radius 2 is 1.95 bits per heavy atom. The lowest BCUT2D eigenvalue weighted by Crippen LogP contribution is -2.33. The van der Waals surface area contributed by atoms with E-state index in [1.165, 1.54) is 10.4 Å². The van der Waals surface area contributed by atoms with E-state index in [9.17, 15) is 0 Å². The summed E-state index contributed by atoms with van der Waals surface area (Å²) in [5.41, 5.74) is 7.34. The summed E-state index contributed by atoms with van der Waals surface area (Å²) in [7, 11) is 0. The number of nitrogens with two attached hydrogens (primary N) is 1. The van der Waals surface area contributed by atoms with E-state index >= 15 is 0 Å². The summed E-state index contributed by atoms with van der Waals surface area (Å²) in [4.78, 5) is 3.69. The highest BCUT2D eigenvalue weighted by atomic mass is 35.5. The van der Waals surface area contributed by atoms with Crippen molar-refractivity contribution in [2.24, 2.45) is 5.73 Å². The molecule has 0 spiro atoms. The molecule has 20 heavy (non-hydrogen) atoms. The molecule has 1 unspecified atom stereocenters. The second-order valence-electron chi connectivity index (χ2n) is 4.85. The third kappa shape index (κ3) is 4.06. The van der Waals surface area contributed by atoms with Gasteiger partial charge in [0, 0.05) is 18.0 Å². The topological polar surface area (TPSA) is 29.3 Å². The van der Waals surface area contributed by atoms with Gasteiger partial charge in [-0.3, -0.25) is 4.90 Å². The van der Waals surface area contributed by atoms with Gasteiger partial charge >= 0.3 is 0 Å². The van der Waals surface area contributed by atoms with Crippen LogP contribution >= 0.6 is 22.9 Å². The third-order valence-corrected chi connectivity index (χ3v) is 4.66. The van der Waals surface area contributed by atoms with E-state index < -0.39 is 0 Å². The highest BCUT2D eigenvalue weighted by molar-refractivity contribution is 7.16. The van der Waals surface area contributed by atoms with Crippen molar-refractivity contribution in [2.75, 3.05) is 13.1 Å². The van der Waals surface area contributed by atoms with Crippen molar-refractivity contribution >= 4 is 22.9 Å². The Labute approximate surface area is 130 Å². The van der Waals surface area contributed by atoms with Crippen LogP contribution in [-0.4, -0.2) is 18.0 Å². The van der Waals surface area contributed by atoms with E-state index in [1.54, 1.807) is 11.3 Å². The molecule has 108 valence electrons. The molecular weight excluding hydrogens is 288 g/mol. The number of benzene rings is 1. The van der Waals surface area contributed by atoms with Crippen molar-refractivity contribution in [3.63, 3.8) is 0 Å². The predicted octanol–water partition coefficient (Wildman–Crippen LogP) is 4.31. The molecule has 0 fully saturated rings. The molecule has 2 rings (SSSR count). The lowest BCUT2D eigenvalue weighted by Gasteiger charge is -2.30. The van der Waals surface area contributed by atoms with Gasteiger partial charge in [0.25, 0.3) is 0 Å². The minimum atomic E-state index is 0.243. The number of hydrogen-bond donors (Lipinski definition) is 1. The molecule has 1 atom stereocenters. The van der Waals surface area contributed by atoms with Gasteiger partial charge in [0.15, 0.2) is 0 Å². The molecule has 0 aliphatic carbocycles. The van der Waals surface area contributed by atoms with Crippen LogP contribution < -0.4 is 5.73 Å². The summed E-state index contributed by atoms with van der Waals surface area (Å²) in [6.45, 7) is 4.77. The Morgan fingerprint density at radius 3 is 2.50 bits per heavy atom. The predicted molar refractivity (Wildman–Crippen MR) is 88.3 cm³/mol. The number of thiophene rings is 1. The fourth-order valence-electron chi connectivity index (χ4n) is 2.40. The lowest BCUT2D eigenvalue weighted by atomic mass is 10.1. The molecule has 1 heterocycles. The molecule has 2 N–H and O–H groups in total. The monoisotopic (exact) mass is 308 g/mol. The zero-order valence-electron chi connectivity index (χ0n) is 11.8. The molecule has 0 aliphatic heterocycles. The maximum absolute atomic E-state index is 6.06. The first-order valence-electron chi connectivity index (χ1n) is 6.98. The first-order chi connectivity index (χ1) is 9.74. The second kappa shape index (κ2) is 7.79. The van der Waals surface area contributed by atoms with Gasteiger partial charge in [-0.25, -0.2) is 0 Å². The average molecular weight is 309 g/mol. The Hall–Kier alpha value is -0.870. The summed E-state index contributed by atoms with van der Waals surface area (Å²) in [5, 5.41) is 0. The zero-order valence-corrected chi connectivity index (χ0v) is 13.3. The molecule has 0 saturated heterocycles. The summed E-state index contributed by atoms with van der Waals surface area (Å²) in [6, 6.07) is 14.8. The van der Waals surface area contributed by atoms with Gasteiger partial charge < -0.3 is 5.73 Å². The van der Waals surface area contributed by atoms with Gasteiger partial charge in [-0.2, -0.15) is 0 Å². The van der Waals surface area contributed by atoms with Crippen LogP contribution in [0, 0.1) is 0 Å². The lowest BCUT2D eigenvalue weighted by molar-refractivity contribution is 0.195. The maximum atomic E-state index is 6.06. The Kier molecular flexibility index (Phi) is 6.05. The van der Waals surface area contributed by atoms with Gasteiger partial charge in [-0.1, -0.05) is 48.9 Å². The molecular formula is C16H21ClN2S. The van der Waals surface area contributed by atoms with Crippen LogP contribution in [0.15, 0.2) is 42.5 Å². The van der Waals surface area contributed by atoms with Crippen LogP contribution in [0.5, 0.6) is 0 Å². The Balaban J connectivity index is 2.17. The van der Waals surface area contributed by atoms with E-state index in [0.29, 0.717) is 6.54 Å². The largest absolute Gasteiger partial charge is 0.329 e. The van der Waals surface area contributed by atoms with Crippen LogP contribution in [0.1, 0.15) is 29.8 Å². The zero-order chi connectivity index (χ0) is 14.4. The van der Waals surface area contributed by atoms with Gasteiger partial charge in [-0.15, -0.1) is 11.3 Å². The number of nitrogens with zero attached hydrogens (tertiary/aromatic N) is 1. The van der Waals surface area contributed by atoms with E-state index in [2.05, 4.69) is 42.2 Å². The highest BCUT2D eigenvalue weighted by Gasteiger charge is 2.20. The van der Waals surface area contributed by atoms with Crippen LogP contribution in [0.4, 0.5) is 0 Å². The smallest absolute Gasteiger partial charge is 0.0931 e. The van der Waals surface area contributed by atoms with Crippen molar-refractivity contribution in [3.05, 3.63) is 57.2 Å². The molecule has 1 aromatic carbocycles. The van der Waals surface area contributed by atoms with Gasteiger partial charge in [0.05, 0.1) is 10.4 Å². The van der Waals surface area contributed by atoms with Crippen molar-refractivity contribution in [2.45, 2.75) is 25.9 Å². The van der Waals surface area contributed by atoms with E-state index in [-0.39, 0.29) is 6.04 Å². The third-order valence-electron chi connectivity index (χ3n) is 3.33. The van der Waals surface area contributed by atoms with Crippen molar-refractivity contribution in [3.8, 4) is 0 Å². The molecule has 0 amide bonds. The minimum absolute atomic E-state index is 0.243. The summed E-state index contributed by atoms with van der Waals surface area (Å²) in [6.07, 6.45) is 1.11. The first-order valence-corrected chi connectivity index (χ1v) is 8.17. The van der Waals surface area contributed by atoms with Crippen molar-refractivity contribution in [1.29, 1.82) is 0 Å². The SMILES string of the molecule is CCCN(Cc1ccccc1)C(CN)c1ccc(Cl)s1. The molecule has 0 saturated carbocycles. The molecule has 0 aliphatic rings. The maximum Gasteiger partial charge on any atom is 0.0931 e. The molecule has 4 heteroatoms. The average Bonchev–Trinajstić information content (AvgIpc) is 2.87. The molecule has 2 nitrogen and oxygen atoms in total. The summed E-state index contributed by atoms with van der Waals surface area (Å²) in [5.74, 6) is 0. The molecule has 0 bridgehead atoms. The van der Waals surface area contributed by atoms with Crippen LogP contribution in [0.2, 0.25) is 4.34 Å². The van der Waals surface area contributed by atoms with E-state index in [0.717, 1.165) is 23.8 Å². The first kappa shape index (κ1) is 15.5. The van der Waals surface area contributed by atoms with Crippen molar-refractivity contribution in [1.82, 2.24) is 4.90 Å².